The van der Waals surface area contributed by atoms with E-state index in [0.717, 1.165) is 29.0 Å². The Kier molecular flexibility index (Phi) is 2.47. The molecule has 4 N–H and O–H groups in total. The van der Waals surface area contributed by atoms with Crippen molar-refractivity contribution in [2.75, 3.05) is 5.73 Å². The fourth-order valence-corrected chi connectivity index (χ4v) is 5.58. The van der Waals surface area contributed by atoms with Crippen LogP contribution in [0.5, 0.6) is 0 Å². The van der Waals surface area contributed by atoms with Crippen molar-refractivity contribution in [3.05, 3.63) is 29.3 Å². The van der Waals surface area contributed by atoms with E-state index < -0.39 is 0 Å². The Balaban J connectivity index is 1.75. The molecule has 102 valence electrons. The monoisotopic (exact) mass is 256 g/mol. The fourth-order valence-electron chi connectivity index (χ4n) is 5.58. The molecule has 1 aromatic rings. The molecule has 0 spiro atoms. The highest BCUT2D eigenvalue weighted by Gasteiger charge is 2.51. The van der Waals surface area contributed by atoms with E-state index in [1.165, 1.54) is 44.1 Å². The molecular weight excluding hydrogens is 232 g/mol. The molecule has 0 amide bonds. The smallest absolute Gasteiger partial charge is 0.0359 e. The predicted octanol–water partition coefficient (Wildman–Crippen LogP) is 3.20. The molecule has 5 rings (SSSR count). The minimum atomic E-state index is 0.465. The lowest BCUT2D eigenvalue weighted by Gasteiger charge is -2.57. The van der Waals surface area contributed by atoms with Crippen LogP contribution in [0.4, 0.5) is 5.69 Å². The zero-order valence-corrected chi connectivity index (χ0v) is 11.6. The van der Waals surface area contributed by atoms with Crippen LogP contribution in [0.15, 0.2) is 18.2 Å². The van der Waals surface area contributed by atoms with Crippen LogP contribution in [0.2, 0.25) is 0 Å². The first-order valence-electron chi connectivity index (χ1n) is 7.77. The van der Waals surface area contributed by atoms with Crippen LogP contribution in [0.3, 0.4) is 0 Å². The Morgan fingerprint density at radius 3 is 2.11 bits per heavy atom. The summed E-state index contributed by atoms with van der Waals surface area (Å²) < 4.78 is 0. The molecular formula is C17H24N2. The summed E-state index contributed by atoms with van der Waals surface area (Å²) in [4.78, 5) is 0. The maximum Gasteiger partial charge on any atom is 0.0359 e. The summed E-state index contributed by atoms with van der Waals surface area (Å²) in [5.74, 6) is 2.97. The van der Waals surface area contributed by atoms with Gasteiger partial charge in [-0.1, -0.05) is 12.1 Å². The Bertz CT molecular complexity index is 471. The second-order valence-electron chi connectivity index (χ2n) is 7.32. The number of nitrogens with two attached hydrogens (primary N) is 2. The van der Waals surface area contributed by atoms with Gasteiger partial charge >= 0.3 is 0 Å². The molecule has 19 heavy (non-hydrogen) atoms. The normalized spacial score (nSPS) is 39.7. The van der Waals surface area contributed by atoms with Crippen molar-refractivity contribution in [3.8, 4) is 0 Å². The van der Waals surface area contributed by atoms with Crippen LogP contribution in [-0.4, -0.2) is 0 Å². The molecule has 4 aliphatic rings. The van der Waals surface area contributed by atoms with Gasteiger partial charge in [-0.05, 0) is 78.9 Å². The van der Waals surface area contributed by atoms with Gasteiger partial charge in [-0.2, -0.15) is 0 Å². The lowest BCUT2D eigenvalue weighted by atomic mass is 9.48. The van der Waals surface area contributed by atoms with Gasteiger partial charge in [0.15, 0.2) is 0 Å². The van der Waals surface area contributed by atoms with Crippen molar-refractivity contribution < 1.29 is 0 Å². The van der Waals surface area contributed by atoms with Gasteiger partial charge < -0.3 is 11.5 Å². The van der Waals surface area contributed by atoms with Gasteiger partial charge in [0.1, 0.15) is 0 Å². The number of hydrogen-bond acceptors (Lipinski definition) is 2. The van der Waals surface area contributed by atoms with Gasteiger partial charge in [-0.15, -0.1) is 0 Å². The van der Waals surface area contributed by atoms with Gasteiger partial charge in [0, 0.05) is 12.2 Å². The summed E-state index contributed by atoms with van der Waals surface area (Å²) in [5.41, 5.74) is 15.8. The van der Waals surface area contributed by atoms with Gasteiger partial charge in [-0.3, -0.25) is 0 Å². The van der Waals surface area contributed by atoms with E-state index in [2.05, 4.69) is 18.2 Å². The molecule has 0 saturated heterocycles. The van der Waals surface area contributed by atoms with Crippen molar-refractivity contribution >= 4 is 5.69 Å². The quantitative estimate of drug-likeness (QED) is 0.798. The van der Waals surface area contributed by atoms with Crippen LogP contribution in [0.25, 0.3) is 0 Å². The molecule has 0 radical (unpaired) electrons. The van der Waals surface area contributed by atoms with Crippen molar-refractivity contribution in [3.63, 3.8) is 0 Å². The highest BCUT2D eigenvalue weighted by Crippen LogP contribution is 2.60. The van der Waals surface area contributed by atoms with E-state index in [9.17, 15) is 0 Å². The first-order chi connectivity index (χ1) is 9.18. The zero-order valence-electron chi connectivity index (χ0n) is 11.6. The molecule has 2 nitrogen and oxygen atoms in total. The molecule has 4 saturated carbocycles. The molecule has 0 aromatic heterocycles. The Morgan fingerprint density at radius 2 is 1.58 bits per heavy atom. The number of hydrogen-bond donors (Lipinski definition) is 2. The van der Waals surface area contributed by atoms with E-state index in [0.29, 0.717) is 12.0 Å². The summed E-state index contributed by atoms with van der Waals surface area (Å²) in [6.45, 7) is 0.562. The molecule has 0 unspecified atom stereocenters. The minimum absolute atomic E-state index is 0.465. The van der Waals surface area contributed by atoms with E-state index in [-0.39, 0.29) is 0 Å². The molecule has 0 heterocycles. The van der Waals surface area contributed by atoms with E-state index >= 15 is 0 Å². The van der Waals surface area contributed by atoms with Crippen LogP contribution in [0.1, 0.15) is 49.7 Å². The Morgan fingerprint density at radius 1 is 1.00 bits per heavy atom. The topological polar surface area (TPSA) is 52.0 Å². The van der Waals surface area contributed by atoms with Gasteiger partial charge in [0.05, 0.1) is 0 Å². The lowest BCUT2D eigenvalue weighted by molar-refractivity contribution is -0.00521. The Hall–Kier alpha value is -1.02. The van der Waals surface area contributed by atoms with E-state index in [4.69, 9.17) is 11.5 Å². The summed E-state index contributed by atoms with van der Waals surface area (Å²) in [7, 11) is 0. The third-order valence-electron chi connectivity index (χ3n) is 6.01. The highest BCUT2D eigenvalue weighted by molar-refractivity contribution is 5.50. The second-order valence-corrected chi connectivity index (χ2v) is 7.32. The molecule has 0 aliphatic heterocycles. The summed E-state index contributed by atoms with van der Waals surface area (Å²) in [5, 5.41) is 0. The lowest BCUT2D eigenvalue weighted by Crippen LogP contribution is -2.48. The first kappa shape index (κ1) is 11.8. The number of rotatable bonds is 2. The standard InChI is InChI=1S/C17H24N2/c18-10-14-6-15(1-2-16(14)19)17-7-11-3-12(8-17)5-13(4-11)9-17/h1-2,6,11-13H,3-5,7-10,18-19H2. The van der Waals surface area contributed by atoms with Crippen molar-refractivity contribution in [2.45, 2.75) is 50.5 Å². The SMILES string of the molecule is NCc1cc(C23CC4CC(CC(C4)C2)C3)ccc1N. The minimum Gasteiger partial charge on any atom is -0.398 e. The predicted molar refractivity (Wildman–Crippen MR) is 78.6 cm³/mol. The molecule has 4 aliphatic carbocycles. The molecule has 2 heteroatoms. The first-order valence-corrected chi connectivity index (χ1v) is 7.77. The Labute approximate surface area is 115 Å². The third-order valence-corrected chi connectivity index (χ3v) is 6.01. The third kappa shape index (κ3) is 1.73. The summed E-state index contributed by atoms with van der Waals surface area (Å²) in [6, 6.07) is 6.67. The molecule has 0 atom stereocenters. The second kappa shape index (κ2) is 3.99. The van der Waals surface area contributed by atoms with Crippen molar-refractivity contribution in [2.24, 2.45) is 23.5 Å². The number of benzene rings is 1. The van der Waals surface area contributed by atoms with Gasteiger partial charge in [0.2, 0.25) is 0 Å². The van der Waals surface area contributed by atoms with Crippen LogP contribution in [-0.2, 0) is 12.0 Å². The highest BCUT2D eigenvalue weighted by atomic mass is 14.6. The average Bonchev–Trinajstić information content (AvgIpc) is 2.37. The number of anilines is 1. The van der Waals surface area contributed by atoms with E-state index in [1.807, 2.05) is 0 Å². The van der Waals surface area contributed by atoms with Gasteiger partial charge in [0.25, 0.3) is 0 Å². The van der Waals surface area contributed by atoms with Gasteiger partial charge in [-0.25, -0.2) is 0 Å². The summed E-state index contributed by atoms with van der Waals surface area (Å²) in [6.07, 6.45) is 8.72. The zero-order chi connectivity index (χ0) is 13.0. The molecule has 1 aromatic carbocycles. The van der Waals surface area contributed by atoms with Crippen LogP contribution < -0.4 is 11.5 Å². The number of nitrogen functional groups attached to an aromatic ring is 1. The van der Waals surface area contributed by atoms with Crippen molar-refractivity contribution in [1.29, 1.82) is 0 Å². The molecule has 4 fully saturated rings. The average molecular weight is 256 g/mol. The maximum atomic E-state index is 6.01. The van der Waals surface area contributed by atoms with Crippen LogP contribution >= 0.6 is 0 Å². The molecule has 4 bridgehead atoms. The van der Waals surface area contributed by atoms with Crippen molar-refractivity contribution in [1.82, 2.24) is 0 Å². The largest absolute Gasteiger partial charge is 0.398 e. The van der Waals surface area contributed by atoms with Crippen LogP contribution in [0, 0.1) is 17.8 Å². The summed E-state index contributed by atoms with van der Waals surface area (Å²) >= 11 is 0. The fraction of sp³-hybridized carbons (Fsp3) is 0.647. The maximum absolute atomic E-state index is 6.01. The van der Waals surface area contributed by atoms with E-state index in [1.54, 1.807) is 0 Å².